The molecule has 1 aliphatic heterocycles. The minimum Gasteiger partial charge on any atom is -0.493 e. The summed E-state index contributed by atoms with van der Waals surface area (Å²) < 4.78 is 50.0. The summed E-state index contributed by atoms with van der Waals surface area (Å²) in [6.45, 7) is 1.84. The average molecular weight is 484 g/mol. The van der Waals surface area contributed by atoms with Gasteiger partial charge in [0.2, 0.25) is 0 Å². The number of fused-ring (bicyclic) bond motifs is 1. The van der Waals surface area contributed by atoms with Gasteiger partial charge in [0.05, 0.1) is 37.1 Å². The Labute approximate surface area is 191 Å². The molecule has 1 heterocycles. The Kier molecular flexibility index (Phi) is 7.65. The van der Waals surface area contributed by atoms with Crippen LogP contribution in [0.15, 0.2) is 35.2 Å². The van der Waals surface area contributed by atoms with Crippen molar-refractivity contribution >= 4 is 27.6 Å². The summed E-state index contributed by atoms with van der Waals surface area (Å²) in [5.41, 5.74) is 1.93. The smallest absolute Gasteiger partial charge is 0.294 e. The molecule has 0 spiro atoms. The molecular weight excluding hydrogens is 458 g/mol. The van der Waals surface area contributed by atoms with E-state index in [1.54, 1.807) is 32.9 Å². The van der Waals surface area contributed by atoms with E-state index in [9.17, 15) is 23.1 Å². The van der Waals surface area contributed by atoms with Crippen LogP contribution in [-0.2, 0) is 21.3 Å². The molecule has 0 bridgehead atoms. The van der Waals surface area contributed by atoms with Gasteiger partial charge in [-0.3, -0.25) is 14.7 Å². The van der Waals surface area contributed by atoms with Crippen molar-refractivity contribution in [1.82, 2.24) is 0 Å². The van der Waals surface area contributed by atoms with Crippen LogP contribution in [-0.4, -0.2) is 44.5 Å². The molecule has 2 aromatic carbocycles. The largest absolute Gasteiger partial charge is 0.493 e. The zero-order valence-corrected chi connectivity index (χ0v) is 19.6. The first-order valence-corrected chi connectivity index (χ1v) is 12.4. The summed E-state index contributed by atoms with van der Waals surface area (Å²) in [5.74, 6) is 2.18. The Morgan fingerprint density at radius 1 is 1.22 bits per heavy atom. The van der Waals surface area contributed by atoms with Crippen LogP contribution in [0.1, 0.15) is 41.4 Å². The molecular formula is C21H25NO8S2. The van der Waals surface area contributed by atoms with E-state index in [0.29, 0.717) is 11.5 Å². The van der Waals surface area contributed by atoms with E-state index < -0.39 is 26.0 Å². The number of non-ortho nitro benzene ring substituents is 1. The van der Waals surface area contributed by atoms with Crippen LogP contribution >= 0.6 is 11.8 Å². The molecule has 2 atom stereocenters. The van der Waals surface area contributed by atoms with Crippen molar-refractivity contribution in [3.05, 3.63) is 57.1 Å². The molecule has 0 aromatic heterocycles. The van der Waals surface area contributed by atoms with Crippen LogP contribution in [0.2, 0.25) is 0 Å². The number of nitro benzene ring substituents is 1. The molecule has 0 saturated heterocycles. The van der Waals surface area contributed by atoms with Gasteiger partial charge in [-0.1, -0.05) is 0 Å². The summed E-state index contributed by atoms with van der Waals surface area (Å²) in [6, 6.07) is 7.08. The second-order valence-corrected chi connectivity index (χ2v) is 10.00. The molecule has 0 amide bonds. The third-order valence-electron chi connectivity index (χ3n) is 5.32. The number of ether oxygens (including phenoxy) is 3. The highest BCUT2D eigenvalue weighted by Gasteiger charge is 2.26. The normalized spacial score (nSPS) is 17.2. The van der Waals surface area contributed by atoms with Gasteiger partial charge in [-0.05, 0) is 54.8 Å². The fourth-order valence-electron chi connectivity index (χ4n) is 3.69. The molecule has 32 heavy (non-hydrogen) atoms. The molecule has 0 aliphatic carbocycles. The van der Waals surface area contributed by atoms with Crippen molar-refractivity contribution in [3.63, 3.8) is 0 Å². The Bertz CT molecular complexity index is 1100. The number of aryl methyl sites for hydroxylation is 1. The number of methoxy groups -OCH3 is 2. The molecule has 0 radical (unpaired) electrons. The van der Waals surface area contributed by atoms with Crippen LogP contribution < -0.4 is 9.47 Å². The molecule has 2 unspecified atom stereocenters. The molecule has 9 nitrogen and oxygen atoms in total. The number of thioether (sulfide) groups is 1. The Balaban J connectivity index is 1.89. The third-order valence-corrected chi connectivity index (χ3v) is 7.56. The third kappa shape index (κ3) is 5.34. The molecule has 174 valence electrons. The van der Waals surface area contributed by atoms with Crippen molar-refractivity contribution in [2.24, 2.45) is 0 Å². The van der Waals surface area contributed by atoms with Crippen molar-refractivity contribution < 1.29 is 32.1 Å². The summed E-state index contributed by atoms with van der Waals surface area (Å²) in [5, 5.41) is 11.1. The fourth-order valence-corrected chi connectivity index (χ4v) is 5.62. The molecule has 0 saturated carbocycles. The van der Waals surface area contributed by atoms with E-state index in [2.05, 4.69) is 0 Å². The minimum atomic E-state index is -4.57. The number of rotatable bonds is 8. The van der Waals surface area contributed by atoms with Gasteiger partial charge >= 0.3 is 0 Å². The lowest BCUT2D eigenvalue weighted by atomic mass is 9.99. The van der Waals surface area contributed by atoms with Gasteiger partial charge in [0.1, 0.15) is 4.90 Å². The van der Waals surface area contributed by atoms with E-state index in [0.717, 1.165) is 47.9 Å². The maximum atomic E-state index is 11.8. The van der Waals surface area contributed by atoms with Crippen LogP contribution in [0.25, 0.3) is 0 Å². The van der Waals surface area contributed by atoms with Gasteiger partial charge < -0.3 is 14.2 Å². The van der Waals surface area contributed by atoms with Gasteiger partial charge in [0, 0.05) is 17.7 Å². The number of nitrogens with zero attached hydrogens (tertiary/aromatic N) is 1. The Hall–Kier alpha value is -2.34. The molecule has 3 rings (SSSR count). The quantitative estimate of drug-likeness (QED) is 0.331. The van der Waals surface area contributed by atoms with E-state index >= 15 is 0 Å². The highest BCUT2D eigenvalue weighted by Crippen LogP contribution is 2.42. The molecule has 11 heteroatoms. The van der Waals surface area contributed by atoms with Crippen molar-refractivity contribution in [2.45, 2.75) is 36.0 Å². The van der Waals surface area contributed by atoms with Crippen molar-refractivity contribution in [1.29, 1.82) is 0 Å². The number of hydrogen-bond acceptors (Lipinski definition) is 8. The predicted octanol–water partition coefficient (Wildman–Crippen LogP) is 4.36. The van der Waals surface area contributed by atoms with E-state index in [4.69, 9.17) is 14.2 Å². The van der Waals surface area contributed by atoms with Gasteiger partial charge in [-0.15, -0.1) is 0 Å². The summed E-state index contributed by atoms with van der Waals surface area (Å²) in [7, 11) is -1.42. The van der Waals surface area contributed by atoms with Gasteiger partial charge in [-0.2, -0.15) is 20.2 Å². The lowest BCUT2D eigenvalue weighted by Crippen LogP contribution is -2.13. The van der Waals surface area contributed by atoms with Crippen LogP contribution in [0.3, 0.4) is 0 Å². The minimum absolute atomic E-state index is 0.0351. The van der Waals surface area contributed by atoms with Crippen LogP contribution in [0, 0.1) is 10.1 Å². The predicted molar refractivity (Wildman–Crippen MR) is 120 cm³/mol. The monoisotopic (exact) mass is 483 g/mol. The first kappa shape index (κ1) is 24.3. The fraction of sp³-hybridized carbons (Fsp3) is 0.429. The zero-order valence-electron chi connectivity index (χ0n) is 17.9. The number of hydrogen-bond donors (Lipinski definition) is 1. The van der Waals surface area contributed by atoms with E-state index in [1.807, 2.05) is 12.1 Å². The molecule has 2 aromatic rings. The van der Waals surface area contributed by atoms with Gasteiger partial charge in [0.15, 0.2) is 11.5 Å². The standard InChI is InChI=1S/C21H25NO8S2/c1-13(16-10-15(22(23)24)6-7-21(16)32(25,26)27)30-12-20-17-11-19(29-3)18(28-2)9-14(17)5-4-8-31-20/h6-7,9-11,13,20H,4-5,8,12H2,1-3H3,(H,25,26,27). The maximum Gasteiger partial charge on any atom is 0.294 e. The van der Waals surface area contributed by atoms with Gasteiger partial charge in [0.25, 0.3) is 15.8 Å². The SMILES string of the molecule is COc1cc2c(cc1OC)C(COC(C)c1cc([N+](=O)[O-])ccc1S(=O)(=O)O)SCCC2. The topological polar surface area (TPSA) is 125 Å². The zero-order chi connectivity index (χ0) is 23.5. The highest BCUT2D eigenvalue weighted by molar-refractivity contribution is 7.99. The lowest BCUT2D eigenvalue weighted by Gasteiger charge is -2.22. The average Bonchev–Trinajstić information content (AvgIpc) is 2.96. The summed E-state index contributed by atoms with van der Waals surface area (Å²) in [6.07, 6.45) is 1.06. The first-order valence-electron chi connectivity index (χ1n) is 9.89. The lowest BCUT2D eigenvalue weighted by molar-refractivity contribution is -0.385. The van der Waals surface area contributed by atoms with E-state index in [1.165, 1.54) is 0 Å². The second-order valence-electron chi connectivity index (χ2n) is 7.30. The first-order chi connectivity index (χ1) is 15.2. The summed E-state index contributed by atoms with van der Waals surface area (Å²) in [4.78, 5) is 10.1. The number of nitro groups is 1. The Morgan fingerprint density at radius 3 is 2.53 bits per heavy atom. The molecule has 1 N–H and O–H groups in total. The van der Waals surface area contributed by atoms with E-state index in [-0.39, 0.29) is 23.1 Å². The van der Waals surface area contributed by atoms with Crippen LogP contribution in [0.4, 0.5) is 5.69 Å². The van der Waals surface area contributed by atoms with Crippen molar-refractivity contribution in [3.8, 4) is 11.5 Å². The van der Waals surface area contributed by atoms with Crippen molar-refractivity contribution in [2.75, 3.05) is 26.6 Å². The highest BCUT2D eigenvalue weighted by atomic mass is 32.2. The Morgan fingerprint density at radius 2 is 1.91 bits per heavy atom. The number of benzene rings is 2. The maximum absolute atomic E-state index is 11.8. The van der Waals surface area contributed by atoms with Gasteiger partial charge in [-0.25, -0.2) is 0 Å². The van der Waals surface area contributed by atoms with Crippen LogP contribution in [0.5, 0.6) is 11.5 Å². The summed E-state index contributed by atoms with van der Waals surface area (Å²) >= 11 is 1.72. The molecule has 0 fully saturated rings. The second kappa shape index (κ2) is 10.1. The molecule has 1 aliphatic rings.